The van der Waals surface area contributed by atoms with Gasteiger partial charge in [-0.25, -0.2) is 4.79 Å². The number of nitrogens with zero attached hydrogens (tertiary/aromatic N) is 3. The molecule has 1 aliphatic rings. The molecule has 1 aromatic carbocycles. The van der Waals surface area contributed by atoms with Gasteiger partial charge >= 0.3 is 6.09 Å². The lowest BCUT2D eigenvalue weighted by atomic mass is 9.98. The second-order valence-corrected chi connectivity index (χ2v) is 7.67. The molecule has 25 heavy (non-hydrogen) atoms. The van der Waals surface area contributed by atoms with E-state index in [0.29, 0.717) is 29.8 Å². The summed E-state index contributed by atoms with van der Waals surface area (Å²) in [6.45, 7) is 6.81. The minimum Gasteiger partial charge on any atom is -0.444 e. The van der Waals surface area contributed by atoms with E-state index in [-0.39, 0.29) is 12.0 Å². The lowest BCUT2D eigenvalue weighted by Crippen LogP contribution is -2.42. The fourth-order valence-corrected chi connectivity index (χ4v) is 3.01. The van der Waals surface area contributed by atoms with Crippen LogP contribution < -0.4 is 0 Å². The van der Waals surface area contributed by atoms with E-state index in [1.54, 1.807) is 17.0 Å². The topological polar surface area (TPSA) is 68.5 Å². The van der Waals surface area contributed by atoms with Crippen LogP contribution in [-0.4, -0.2) is 39.8 Å². The summed E-state index contributed by atoms with van der Waals surface area (Å²) in [6.07, 6.45) is 1.49. The molecule has 134 valence electrons. The quantitative estimate of drug-likeness (QED) is 0.785. The number of piperidine rings is 1. The third kappa shape index (κ3) is 4.51. The molecule has 1 aliphatic heterocycles. The van der Waals surface area contributed by atoms with Crippen molar-refractivity contribution in [1.82, 2.24) is 15.0 Å². The molecule has 3 rings (SSSR count). The number of rotatable bonds is 2. The molecular weight excluding hydrogens is 342 g/mol. The van der Waals surface area contributed by atoms with Crippen molar-refractivity contribution in [2.45, 2.75) is 45.1 Å². The summed E-state index contributed by atoms with van der Waals surface area (Å²) in [7, 11) is 0. The number of amides is 1. The van der Waals surface area contributed by atoms with Gasteiger partial charge in [-0.05, 0) is 51.8 Å². The molecule has 0 aliphatic carbocycles. The Balaban J connectivity index is 1.71. The number of likely N-dealkylation sites (tertiary alicyclic amines) is 1. The summed E-state index contributed by atoms with van der Waals surface area (Å²) in [5, 5.41) is 4.72. The van der Waals surface area contributed by atoms with Crippen LogP contribution in [0.2, 0.25) is 5.02 Å². The van der Waals surface area contributed by atoms with Crippen LogP contribution in [0.1, 0.15) is 45.4 Å². The van der Waals surface area contributed by atoms with Crippen LogP contribution >= 0.6 is 11.6 Å². The molecule has 2 heterocycles. The predicted octanol–water partition coefficient (Wildman–Crippen LogP) is 4.50. The molecule has 1 aromatic heterocycles. The van der Waals surface area contributed by atoms with E-state index in [0.717, 1.165) is 18.4 Å². The van der Waals surface area contributed by atoms with Crippen molar-refractivity contribution in [3.63, 3.8) is 0 Å². The Bertz CT molecular complexity index is 754. The highest BCUT2D eigenvalue weighted by molar-refractivity contribution is 6.30. The number of hydrogen-bond donors (Lipinski definition) is 0. The maximum absolute atomic E-state index is 12.3. The number of carbonyl (C=O) groups is 1. The lowest BCUT2D eigenvalue weighted by Gasteiger charge is -2.32. The van der Waals surface area contributed by atoms with E-state index in [1.807, 2.05) is 32.9 Å². The minimum atomic E-state index is -0.504. The van der Waals surface area contributed by atoms with Crippen LogP contribution in [0.3, 0.4) is 0 Å². The summed E-state index contributed by atoms with van der Waals surface area (Å²) in [5.41, 5.74) is 0.279. The van der Waals surface area contributed by atoms with Crippen molar-refractivity contribution in [2.75, 3.05) is 13.1 Å². The maximum Gasteiger partial charge on any atom is 0.410 e. The third-order valence-electron chi connectivity index (χ3n) is 3.95. The summed E-state index contributed by atoms with van der Waals surface area (Å²) in [5.74, 6) is 1.09. The number of benzene rings is 1. The molecule has 2 aromatic rings. The number of halogens is 1. The normalized spacial score (nSPS) is 18.2. The number of carbonyl (C=O) groups excluding carboxylic acids is 1. The monoisotopic (exact) mass is 363 g/mol. The van der Waals surface area contributed by atoms with Crippen molar-refractivity contribution in [3.05, 3.63) is 35.1 Å². The molecule has 0 spiro atoms. The van der Waals surface area contributed by atoms with Crippen LogP contribution in [0.15, 0.2) is 28.8 Å². The smallest absolute Gasteiger partial charge is 0.410 e. The summed E-state index contributed by atoms with van der Waals surface area (Å²) in [6, 6.07) is 7.29. The Labute approximate surface area is 152 Å². The van der Waals surface area contributed by atoms with Crippen LogP contribution in [0, 0.1) is 0 Å². The molecule has 1 fully saturated rings. The van der Waals surface area contributed by atoms with Gasteiger partial charge in [-0.15, -0.1) is 0 Å². The average Bonchev–Trinajstić information content (AvgIpc) is 3.03. The minimum absolute atomic E-state index is 0.0398. The standard InChI is InChI=1S/C18H22ClN3O3/c1-18(2,3)24-17(23)22-9-5-7-13(11-22)15-20-16(25-21-15)12-6-4-8-14(19)10-12/h4,6,8,10,13H,5,7,9,11H2,1-3H3. The fraction of sp³-hybridized carbons (Fsp3) is 0.500. The summed E-state index contributed by atoms with van der Waals surface area (Å²) >= 11 is 6.01. The Kier molecular flexibility index (Phi) is 4.99. The maximum atomic E-state index is 12.3. The van der Waals surface area contributed by atoms with E-state index in [2.05, 4.69) is 10.1 Å². The zero-order valence-electron chi connectivity index (χ0n) is 14.7. The fourth-order valence-electron chi connectivity index (χ4n) is 2.82. The van der Waals surface area contributed by atoms with Gasteiger partial charge in [-0.2, -0.15) is 4.98 Å². The summed E-state index contributed by atoms with van der Waals surface area (Å²) in [4.78, 5) is 18.5. The summed E-state index contributed by atoms with van der Waals surface area (Å²) < 4.78 is 10.8. The Morgan fingerprint density at radius 1 is 1.40 bits per heavy atom. The largest absolute Gasteiger partial charge is 0.444 e. The van der Waals surface area contributed by atoms with E-state index < -0.39 is 5.60 Å². The van der Waals surface area contributed by atoms with E-state index in [1.165, 1.54) is 0 Å². The number of aromatic nitrogens is 2. The molecule has 0 radical (unpaired) electrons. The zero-order chi connectivity index (χ0) is 18.0. The van der Waals surface area contributed by atoms with Crippen molar-refractivity contribution in [2.24, 2.45) is 0 Å². The second kappa shape index (κ2) is 7.04. The van der Waals surface area contributed by atoms with Crippen LogP contribution in [-0.2, 0) is 4.74 Å². The van der Waals surface area contributed by atoms with Gasteiger partial charge in [0.05, 0.1) is 0 Å². The first kappa shape index (κ1) is 17.7. The molecule has 1 atom stereocenters. The lowest BCUT2D eigenvalue weighted by molar-refractivity contribution is 0.0195. The van der Waals surface area contributed by atoms with Gasteiger partial charge in [0.1, 0.15) is 5.60 Å². The zero-order valence-corrected chi connectivity index (χ0v) is 15.4. The predicted molar refractivity (Wildman–Crippen MR) is 94.5 cm³/mol. The van der Waals surface area contributed by atoms with Crippen molar-refractivity contribution < 1.29 is 14.1 Å². The Hall–Kier alpha value is -2.08. The number of hydrogen-bond acceptors (Lipinski definition) is 5. The van der Waals surface area contributed by atoms with Crippen molar-refractivity contribution in [1.29, 1.82) is 0 Å². The first-order chi connectivity index (χ1) is 11.8. The van der Waals surface area contributed by atoms with Crippen LogP contribution in [0.25, 0.3) is 11.5 Å². The van der Waals surface area contributed by atoms with Crippen LogP contribution in [0.5, 0.6) is 0 Å². The van der Waals surface area contributed by atoms with Gasteiger partial charge < -0.3 is 14.2 Å². The number of ether oxygens (including phenoxy) is 1. The molecule has 1 amide bonds. The molecule has 0 bridgehead atoms. The Morgan fingerprint density at radius 3 is 2.92 bits per heavy atom. The van der Waals surface area contributed by atoms with E-state index >= 15 is 0 Å². The van der Waals surface area contributed by atoms with Crippen LogP contribution in [0.4, 0.5) is 4.79 Å². The van der Waals surface area contributed by atoms with Crippen molar-refractivity contribution >= 4 is 17.7 Å². The van der Waals surface area contributed by atoms with E-state index in [4.69, 9.17) is 20.9 Å². The van der Waals surface area contributed by atoms with Gasteiger partial charge in [0.25, 0.3) is 5.89 Å². The highest BCUT2D eigenvalue weighted by Gasteiger charge is 2.30. The molecule has 7 heteroatoms. The third-order valence-corrected chi connectivity index (χ3v) is 4.19. The second-order valence-electron chi connectivity index (χ2n) is 7.23. The first-order valence-electron chi connectivity index (χ1n) is 8.39. The van der Waals surface area contributed by atoms with Crippen molar-refractivity contribution in [3.8, 4) is 11.5 Å². The Morgan fingerprint density at radius 2 is 2.20 bits per heavy atom. The highest BCUT2D eigenvalue weighted by atomic mass is 35.5. The molecular formula is C18H22ClN3O3. The highest BCUT2D eigenvalue weighted by Crippen LogP contribution is 2.28. The molecule has 0 N–H and O–H groups in total. The van der Waals surface area contributed by atoms with Gasteiger partial charge in [0, 0.05) is 29.6 Å². The molecule has 0 saturated carbocycles. The SMILES string of the molecule is CC(C)(C)OC(=O)N1CCCC(c2noc(-c3cccc(Cl)c3)n2)C1. The first-order valence-corrected chi connectivity index (χ1v) is 8.77. The molecule has 1 saturated heterocycles. The van der Waals surface area contributed by atoms with Gasteiger partial charge in [-0.3, -0.25) is 0 Å². The average molecular weight is 364 g/mol. The van der Waals surface area contributed by atoms with Gasteiger partial charge in [-0.1, -0.05) is 22.8 Å². The van der Waals surface area contributed by atoms with E-state index in [9.17, 15) is 4.79 Å². The molecule has 1 unspecified atom stereocenters. The van der Waals surface area contributed by atoms with Gasteiger partial charge in [0.2, 0.25) is 0 Å². The van der Waals surface area contributed by atoms with Gasteiger partial charge in [0.15, 0.2) is 5.82 Å². The molecule has 6 nitrogen and oxygen atoms in total.